The Kier molecular flexibility index (Phi) is 5.91. The highest BCUT2D eigenvalue weighted by atomic mass is 32.2. The van der Waals surface area contributed by atoms with E-state index in [0.29, 0.717) is 22.9 Å². The van der Waals surface area contributed by atoms with Crippen LogP contribution in [-0.2, 0) is 16.0 Å². The minimum atomic E-state index is -0.523. The van der Waals surface area contributed by atoms with Crippen LogP contribution in [-0.4, -0.2) is 32.1 Å². The summed E-state index contributed by atoms with van der Waals surface area (Å²) in [5, 5.41) is 2.98. The van der Waals surface area contributed by atoms with Crippen LogP contribution in [0.3, 0.4) is 0 Å². The molecule has 0 unspecified atom stereocenters. The van der Waals surface area contributed by atoms with Gasteiger partial charge in [-0.25, -0.2) is 9.98 Å². The summed E-state index contributed by atoms with van der Waals surface area (Å²) in [7, 11) is 0. The van der Waals surface area contributed by atoms with Crippen molar-refractivity contribution in [1.29, 1.82) is 0 Å². The van der Waals surface area contributed by atoms with Crippen molar-refractivity contribution in [3.63, 3.8) is 0 Å². The first-order valence-corrected chi connectivity index (χ1v) is 11.3. The molecule has 2 N–H and O–H groups in total. The highest BCUT2D eigenvalue weighted by molar-refractivity contribution is 8.15. The average molecular weight is 457 g/mol. The van der Waals surface area contributed by atoms with Crippen molar-refractivity contribution in [3.05, 3.63) is 84.7 Å². The molecule has 1 aromatic heterocycles. The Labute approximate surface area is 194 Å². The van der Waals surface area contributed by atoms with Crippen LogP contribution >= 0.6 is 11.8 Å². The third kappa shape index (κ3) is 5.12. The number of rotatable bonds is 7. The number of aromatic nitrogens is 2. The second-order valence-corrected chi connectivity index (χ2v) is 8.80. The summed E-state index contributed by atoms with van der Waals surface area (Å²) >= 11 is 1.33. The highest BCUT2D eigenvalue weighted by Crippen LogP contribution is 2.28. The zero-order valence-electron chi connectivity index (χ0n) is 17.5. The molecule has 5 rings (SSSR count). The number of nitrogens with one attached hydrogen (secondary N) is 2. The number of H-pyrrole nitrogens is 1. The van der Waals surface area contributed by atoms with Crippen LogP contribution in [0, 0.1) is 0 Å². The third-order valence-corrected chi connectivity index (χ3v) is 6.19. The number of benzene rings is 3. The lowest BCUT2D eigenvalue weighted by Gasteiger charge is -2.10. The van der Waals surface area contributed by atoms with Crippen molar-refractivity contribution in [2.24, 2.45) is 4.99 Å². The van der Waals surface area contributed by atoms with Gasteiger partial charge < -0.3 is 15.0 Å². The highest BCUT2D eigenvalue weighted by Gasteiger charge is 2.30. The summed E-state index contributed by atoms with van der Waals surface area (Å²) < 4.78 is 5.76. The first kappa shape index (κ1) is 21.0. The molecular formula is C25H20N4O3S. The van der Waals surface area contributed by atoms with E-state index >= 15 is 0 Å². The van der Waals surface area contributed by atoms with Crippen LogP contribution in [0.1, 0.15) is 12.2 Å². The van der Waals surface area contributed by atoms with Crippen molar-refractivity contribution in [2.75, 3.05) is 5.32 Å². The van der Waals surface area contributed by atoms with Crippen LogP contribution in [0.25, 0.3) is 11.0 Å². The van der Waals surface area contributed by atoms with Gasteiger partial charge in [0.15, 0.2) is 0 Å². The molecular weight excluding hydrogens is 436 g/mol. The lowest BCUT2D eigenvalue weighted by atomic mass is 10.2. The number of aliphatic imine (C=N–C) groups is 1. The summed E-state index contributed by atoms with van der Waals surface area (Å²) in [4.78, 5) is 36.7. The Morgan fingerprint density at radius 2 is 1.70 bits per heavy atom. The van der Waals surface area contributed by atoms with Gasteiger partial charge in [-0.3, -0.25) is 9.59 Å². The Balaban J connectivity index is 1.14. The number of amides is 2. The van der Waals surface area contributed by atoms with Gasteiger partial charge in [-0.05, 0) is 48.5 Å². The van der Waals surface area contributed by atoms with Gasteiger partial charge in [0.2, 0.25) is 5.91 Å². The fourth-order valence-corrected chi connectivity index (χ4v) is 4.57. The van der Waals surface area contributed by atoms with Gasteiger partial charge in [-0.15, -0.1) is 0 Å². The molecule has 164 valence electrons. The number of para-hydroxylation sites is 3. The molecule has 7 nitrogen and oxygen atoms in total. The molecule has 0 spiro atoms. The standard InChI is InChI=1S/C25H20N4O3S/c30-23(26-16-10-12-18(13-11-16)32-17-6-2-1-3-7-17)14-21-25(31)29-24(33-21)15-22-27-19-8-4-5-9-20(19)28-22/h1-13,21H,14-15H2,(H,26,30)(H,27,28)/t21-/m0/s1. The maximum Gasteiger partial charge on any atom is 0.260 e. The monoisotopic (exact) mass is 456 g/mol. The predicted molar refractivity (Wildman–Crippen MR) is 130 cm³/mol. The van der Waals surface area contributed by atoms with Crippen molar-refractivity contribution in [2.45, 2.75) is 18.1 Å². The fourth-order valence-electron chi connectivity index (χ4n) is 3.49. The second-order valence-electron chi connectivity index (χ2n) is 7.52. The summed E-state index contributed by atoms with van der Waals surface area (Å²) in [6, 6.07) is 24.3. The number of carbonyl (C=O) groups excluding carboxylic acids is 2. The molecule has 0 saturated carbocycles. The summed E-state index contributed by atoms with van der Waals surface area (Å²) in [6.45, 7) is 0. The number of carbonyl (C=O) groups is 2. The molecule has 8 heteroatoms. The number of hydrogen-bond donors (Lipinski definition) is 2. The number of imidazole rings is 1. The number of anilines is 1. The quantitative estimate of drug-likeness (QED) is 0.409. The van der Waals surface area contributed by atoms with Gasteiger partial charge in [0.1, 0.15) is 22.6 Å². The molecule has 0 bridgehead atoms. The normalized spacial score (nSPS) is 15.5. The minimum Gasteiger partial charge on any atom is -0.457 e. The van der Waals surface area contributed by atoms with E-state index in [-0.39, 0.29) is 18.2 Å². The molecule has 0 fully saturated rings. The smallest absolute Gasteiger partial charge is 0.260 e. The van der Waals surface area contributed by atoms with Crippen LogP contribution in [0.4, 0.5) is 5.69 Å². The number of thioether (sulfide) groups is 1. The third-order valence-electron chi connectivity index (χ3n) is 5.03. The van der Waals surface area contributed by atoms with Crippen LogP contribution in [0.5, 0.6) is 11.5 Å². The number of ether oxygens (including phenoxy) is 1. The maximum atomic E-state index is 12.5. The van der Waals surface area contributed by atoms with E-state index in [2.05, 4.69) is 20.3 Å². The van der Waals surface area contributed by atoms with Gasteiger partial charge >= 0.3 is 0 Å². The van der Waals surface area contributed by atoms with Crippen LogP contribution < -0.4 is 10.1 Å². The molecule has 1 atom stereocenters. The summed E-state index contributed by atoms with van der Waals surface area (Å²) in [6.07, 6.45) is 0.491. The van der Waals surface area contributed by atoms with Crippen molar-refractivity contribution < 1.29 is 14.3 Å². The van der Waals surface area contributed by atoms with E-state index < -0.39 is 5.25 Å². The van der Waals surface area contributed by atoms with Gasteiger partial charge in [0.05, 0.1) is 22.5 Å². The molecule has 0 radical (unpaired) electrons. The Bertz CT molecular complexity index is 1300. The predicted octanol–water partition coefficient (Wildman–Crippen LogP) is 4.97. The van der Waals surface area contributed by atoms with Gasteiger partial charge in [0.25, 0.3) is 5.91 Å². The van der Waals surface area contributed by atoms with Gasteiger partial charge in [-0.2, -0.15) is 0 Å². The second kappa shape index (κ2) is 9.30. The summed E-state index contributed by atoms with van der Waals surface area (Å²) in [5.41, 5.74) is 2.45. The van der Waals surface area contributed by atoms with Crippen molar-refractivity contribution in [3.8, 4) is 11.5 Å². The van der Waals surface area contributed by atoms with E-state index in [1.54, 1.807) is 24.3 Å². The number of hydrogen-bond acceptors (Lipinski definition) is 5. The maximum absolute atomic E-state index is 12.5. The van der Waals surface area contributed by atoms with E-state index in [4.69, 9.17) is 4.74 Å². The molecule has 1 aliphatic rings. The topological polar surface area (TPSA) is 96.4 Å². The number of nitrogens with zero attached hydrogens (tertiary/aromatic N) is 2. The van der Waals surface area contributed by atoms with Gasteiger partial charge in [-0.1, -0.05) is 42.1 Å². The van der Waals surface area contributed by atoms with E-state index in [1.165, 1.54) is 11.8 Å². The van der Waals surface area contributed by atoms with E-state index in [9.17, 15) is 9.59 Å². The van der Waals surface area contributed by atoms with Crippen LogP contribution in [0.2, 0.25) is 0 Å². The molecule has 2 heterocycles. The van der Waals surface area contributed by atoms with Crippen molar-refractivity contribution in [1.82, 2.24) is 9.97 Å². The molecule has 4 aromatic rings. The lowest BCUT2D eigenvalue weighted by Crippen LogP contribution is -2.21. The summed E-state index contributed by atoms with van der Waals surface area (Å²) in [5.74, 6) is 1.64. The minimum absolute atomic E-state index is 0.0545. The van der Waals surface area contributed by atoms with Gasteiger partial charge in [0, 0.05) is 12.1 Å². The first-order valence-electron chi connectivity index (χ1n) is 10.5. The number of fused-ring (bicyclic) bond motifs is 1. The number of aromatic amines is 1. The average Bonchev–Trinajstić information content (AvgIpc) is 3.38. The first-order chi connectivity index (χ1) is 16.1. The van der Waals surface area contributed by atoms with E-state index in [0.717, 1.165) is 22.6 Å². The van der Waals surface area contributed by atoms with E-state index in [1.807, 2.05) is 54.6 Å². The molecule has 0 saturated heterocycles. The van der Waals surface area contributed by atoms with Crippen molar-refractivity contribution >= 4 is 45.3 Å². The fraction of sp³-hybridized carbons (Fsp3) is 0.120. The largest absolute Gasteiger partial charge is 0.457 e. The molecule has 33 heavy (non-hydrogen) atoms. The van der Waals surface area contributed by atoms with Crippen LogP contribution in [0.15, 0.2) is 83.9 Å². The SMILES string of the molecule is O=C(C[C@@H]1SC(Cc2nc3ccccc3[nH]2)=NC1=O)Nc1ccc(Oc2ccccc2)cc1. The molecule has 2 amide bonds. The zero-order valence-corrected chi connectivity index (χ0v) is 18.3. The molecule has 3 aromatic carbocycles. The Morgan fingerprint density at radius 1 is 0.970 bits per heavy atom. The Hall–Kier alpha value is -3.91. The molecule has 0 aliphatic carbocycles. The Morgan fingerprint density at radius 3 is 2.48 bits per heavy atom. The lowest BCUT2D eigenvalue weighted by molar-refractivity contribution is -0.121. The zero-order chi connectivity index (χ0) is 22.6. The molecule has 1 aliphatic heterocycles.